The van der Waals surface area contributed by atoms with Gasteiger partial charge in [-0.05, 0) is 43.4 Å². The number of methoxy groups -OCH3 is 2. The molecular formula is C18H25NO6. The highest BCUT2D eigenvalue weighted by Gasteiger charge is 2.20. The highest BCUT2D eigenvalue weighted by atomic mass is 16.6. The fourth-order valence-electron chi connectivity index (χ4n) is 2.14. The van der Waals surface area contributed by atoms with E-state index in [1.807, 2.05) is 0 Å². The molecule has 1 aromatic carbocycles. The SMILES string of the molecule is COC(=O)COc1ccc(C(=O)NCCCOCC2CC2)cc1OC. The molecule has 1 amide bonds. The number of rotatable bonds is 11. The van der Waals surface area contributed by atoms with Gasteiger partial charge in [0.2, 0.25) is 0 Å². The Morgan fingerprint density at radius 1 is 1.20 bits per heavy atom. The standard InChI is InChI=1S/C18H25NO6/c1-22-16-10-14(6-7-15(16)25-12-17(20)23-2)18(21)19-8-3-9-24-11-13-4-5-13/h6-7,10,13H,3-5,8-9,11-12H2,1-2H3,(H,19,21). The summed E-state index contributed by atoms with van der Waals surface area (Å²) in [7, 11) is 2.76. The van der Waals surface area contributed by atoms with Crippen LogP contribution in [0.5, 0.6) is 11.5 Å². The summed E-state index contributed by atoms with van der Waals surface area (Å²) in [5, 5.41) is 2.84. The summed E-state index contributed by atoms with van der Waals surface area (Å²) in [5.74, 6) is 0.817. The lowest BCUT2D eigenvalue weighted by molar-refractivity contribution is -0.142. The summed E-state index contributed by atoms with van der Waals surface area (Å²) in [5.41, 5.74) is 0.459. The maximum absolute atomic E-state index is 12.2. The summed E-state index contributed by atoms with van der Waals surface area (Å²) < 4.78 is 20.6. The number of hydrogen-bond donors (Lipinski definition) is 1. The van der Waals surface area contributed by atoms with E-state index >= 15 is 0 Å². The first-order chi connectivity index (χ1) is 12.1. The highest BCUT2D eigenvalue weighted by molar-refractivity contribution is 5.94. The van der Waals surface area contributed by atoms with Gasteiger partial charge < -0.3 is 24.3 Å². The van der Waals surface area contributed by atoms with Gasteiger partial charge in [0.1, 0.15) is 0 Å². The molecular weight excluding hydrogens is 326 g/mol. The number of ether oxygens (including phenoxy) is 4. The zero-order valence-electron chi connectivity index (χ0n) is 14.7. The third-order valence-corrected chi connectivity index (χ3v) is 3.80. The smallest absolute Gasteiger partial charge is 0.343 e. The average molecular weight is 351 g/mol. The van der Waals surface area contributed by atoms with Gasteiger partial charge in [0.15, 0.2) is 18.1 Å². The predicted octanol–water partition coefficient (Wildman–Crippen LogP) is 1.79. The Morgan fingerprint density at radius 3 is 2.68 bits per heavy atom. The van der Waals surface area contributed by atoms with Crippen molar-refractivity contribution in [3.63, 3.8) is 0 Å². The predicted molar refractivity (Wildman–Crippen MR) is 91.0 cm³/mol. The van der Waals surface area contributed by atoms with Crippen molar-refractivity contribution in [2.45, 2.75) is 19.3 Å². The average Bonchev–Trinajstić information content (AvgIpc) is 3.46. The molecule has 138 valence electrons. The summed E-state index contributed by atoms with van der Waals surface area (Å²) in [4.78, 5) is 23.3. The minimum atomic E-state index is -0.493. The number of benzene rings is 1. The van der Waals surface area contributed by atoms with Gasteiger partial charge in [-0.15, -0.1) is 0 Å². The lowest BCUT2D eigenvalue weighted by atomic mass is 10.2. The molecule has 0 radical (unpaired) electrons. The number of amides is 1. The van der Waals surface area contributed by atoms with Crippen LogP contribution in [0.1, 0.15) is 29.6 Å². The molecule has 7 heteroatoms. The Morgan fingerprint density at radius 2 is 2.00 bits per heavy atom. The molecule has 0 bridgehead atoms. The van der Waals surface area contributed by atoms with E-state index in [2.05, 4.69) is 10.1 Å². The van der Waals surface area contributed by atoms with Crippen LogP contribution in [-0.2, 0) is 14.3 Å². The number of nitrogens with one attached hydrogen (secondary N) is 1. The van der Waals surface area contributed by atoms with Crippen molar-refractivity contribution in [3.05, 3.63) is 23.8 Å². The van der Waals surface area contributed by atoms with Crippen LogP contribution < -0.4 is 14.8 Å². The molecule has 0 aliphatic heterocycles. The van der Waals surface area contributed by atoms with E-state index in [0.29, 0.717) is 30.2 Å². The molecule has 1 fully saturated rings. The third kappa shape index (κ3) is 6.62. The van der Waals surface area contributed by atoms with Crippen LogP contribution in [0.2, 0.25) is 0 Å². The number of carbonyl (C=O) groups is 2. The molecule has 1 aliphatic rings. The van der Waals surface area contributed by atoms with Crippen molar-refractivity contribution in [1.82, 2.24) is 5.32 Å². The first-order valence-corrected chi connectivity index (χ1v) is 8.37. The van der Waals surface area contributed by atoms with E-state index < -0.39 is 5.97 Å². The normalized spacial score (nSPS) is 13.2. The summed E-state index contributed by atoms with van der Waals surface area (Å²) in [6.07, 6.45) is 3.33. The van der Waals surface area contributed by atoms with E-state index in [1.54, 1.807) is 18.2 Å². The number of carbonyl (C=O) groups excluding carboxylic acids is 2. The second-order valence-electron chi connectivity index (χ2n) is 5.86. The van der Waals surface area contributed by atoms with Crippen LogP contribution >= 0.6 is 0 Å². The number of esters is 1. The van der Waals surface area contributed by atoms with Crippen molar-refractivity contribution in [2.75, 3.05) is 40.6 Å². The van der Waals surface area contributed by atoms with E-state index in [9.17, 15) is 9.59 Å². The molecule has 1 aliphatic carbocycles. The summed E-state index contributed by atoms with van der Waals surface area (Å²) in [6.45, 7) is 1.81. The van der Waals surface area contributed by atoms with Crippen LogP contribution in [0, 0.1) is 5.92 Å². The summed E-state index contributed by atoms with van der Waals surface area (Å²) in [6, 6.07) is 4.79. The van der Waals surface area contributed by atoms with Crippen molar-refractivity contribution < 1.29 is 28.5 Å². The van der Waals surface area contributed by atoms with Gasteiger partial charge in [0.05, 0.1) is 14.2 Å². The van der Waals surface area contributed by atoms with Crippen LogP contribution in [-0.4, -0.2) is 52.5 Å². The van der Waals surface area contributed by atoms with Gasteiger partial charge in [-0.1, -0.05) is 0 Å². The van der Waals surface area contributed by atoms with E-state index in [4.69, 9.17) is 14.2 Å². The van der Waals surface area contributed by atoms with Crippen LogP contribution in [0.3, 0.4) is 0 Å². The second-order valence-corrected chi connectivity index (χ2v) is 5.86. The topological polar surface area (TPSA) is 83.1 Å². The van der Waals surface area contributed by atoms with Gasteiger partial charge >= 0.3 is 5.97 Å². The summed E-state index contributed by atoms with van der Waals surface area (Å²) >= 11 is 0. The molecule has 0 saturated heterocycles. The molecule has 0 atom stereocenters. The fraction of sp³-hybridized carbons (Fsp3) is 0.556. The second kappa shape index (κ2) is 9.88. The van der Waals surface area contributed by atoms with Crippen molar-refractivity contribution in [3.8, 4) is 11.5 Å². The minimum Gasteiger partial charge on any atom is -0.493 e. The Hall–Kier alpha value is -2.28. The van der Waals surface area contributed by atoms with Gasteiger partial charge in [-0.3, -0.25) is 4.79 Å². The van der Waals surface area contributed by atoms with Crippen LogP contribution in [0.4, 0.5) is 0 Å². The molecule has 1 N–H and O–H groups in total. The lowest BCUT2D eigenvalue weighted by Crippen LogP contribution is -2.25. The molecule has 7 nitrogen and oxygen atoms in total. The molecule has 0 heterocycles. The van der Waals surface area contributed by atoms with Crippen molar-refractivity contribution in [1.29, 1.82) is 0 Å². The van der Waals surface area contributed by atoms with Crippen molar-refractivity contribution in [2.24, 2.45) is 5.92 Å². The van der Waals surface area contributed by atoms with Gasteiger partial charge in [0, 0.05) is 25.3 Å². The number of hydrogen-bond acceptors (Lipinski definition) is 6. The highest BCUT2D eigenvalue weighted by Crippen LogP contribution is 2.29. The van der Waals surface area contributed by atoms with E-state index in [0.717, 1.165) is 18.9 Å². The molecule has 1 saturated carbocycles. The molecule has 25 heavy (non-hydrogen) atoms. The Labute approximate surface area is 147 Å². The van der Waals surface area contributed by atoms with Gasteiger partial charge in [0.25, 0.3) is 5.91 Å². The zero-order chi connectivity index (χ0) is 18.1. The molecule has 2 rings (SSSR count). The first kappa shape index (κ1) is 19.1. The molecule has 0 unspecified atom stereocenters. The maximum atomic E-state index is 12.2. The van der Waals surface area contributed by atoms with Crippen molar-refractivity contribution >= 4 is 11.9 Å². The van der Waals surface area contributed by atoms with Gasteiger partial charge in [-0.2, -0.15) is 0 Å². The molecule has 1 aromatic rings. The Bertz CT molecular complexity index is 585. The first-order valence-electron chi connectivity index (χ1n) is 8.37. The quantitative estimate of drug-likeness (QED) is 0.483. The minimum absolute atomic E-state index is 0.194. The van der Waals surface area contributed by atoms with Crippen LogP contribution in [0.15, 0.2) is 18.2 Å². The largest absolute Gasteiger partial charge is 0.493 e. The van der Waals surface area contributed by atoms with Gasteiger partial charge in [-0.25, -0.2) is 4.79 Å². The lowest BCUT2D eigenvalue weighted by Gasteiger charge is -2.12. The van der Waals surface area contributed by atoms with E-state index in [-0.39, 0.29) is 12.5 Å². The monoisotopic (exact) mass is 351 g/mol. The van der Waals surface area contributed by atoms with E-state index in [1.165, 1.54) is 27.1 Å². The van der Waals surface area contributed by atoms with Crippen LogP contribution in [0.25, 0.3) is 0 Å². The third-order valence-electron chi connectivity index (χ3n) is 3.80. The Kier molecular flexibility index (Phi) is 7.53. The molecule has 0 spiro atoms. The fourth-order valence-corrected chi connectivity index (χ4v) is 2.14. The molecule has 0 aromatic heterocycles. The Balaban J connectivity index is 1.77. The zero-order valence-corrected chi connectivity index (χ0v) is 14.7. The maximum Gasteiger partial charge on any atom is 0.343 e.